The van der Waals surface area contributed by atoms with Gasteiger partial charge in [-0.15, -0.1) is 12.4 Å². The van der Waals surface area contributed by atoms with Gasteiger partial charge in [0.2, 0.25) is 0 Å². The second-order valence-corrected chi connectivity index (χ2v) is 21.7. The molecule has 0 bridgehead atoms. The molecule has 4 aliphatic heterocycles. The summed E-state index contributed by atoms with van der Waals surface area (Å²) in [7, 11) is 0. The van der Waals surface area contributed by atoms with Crippen LogP contribution in [0.1, 0.15) is 162 Å². The first-order valence-electron chi connectivity index (χ1n) is 24.8. The number of rotatable bonds is 6. The highest BCUT2D eigenvalue weighted by atomic mass is 79.9. The van der Waals surface area contributed by atoms with Gasteiger partial charge >= 0.3 is 18.3 Å². The summed E-state index contributed by atoms with van der Waals surface area (Å²) < 4.78 is 39.0. The molecule has 0 aromatic heterocycles. The van der Waals surface area contributed by atoms with Gasteiger partial charge < -0.3 is 54.8 Å². The van der Waals surface area contributed by atoms with Crippen molar-refractivity contribution in [3.8, 4) is 0 Å². The monoisotopic (exact) mass is 1090 g/mol. The molecular formula is C57H78BrClN4O10. The second kappa shape index (κ2) is 27.5. The summed E-state index contributed by atoms with van der Waals surface area (Å²) in [6, 6.07) is 24.0. The molecule has 4 aromatic rings. The van der Waals surface area contributed by atoms with Crippen LogP contribution in [0.3, 0.4) is 0 Å². The van der Waals surface area contributed by atoms with Gasteiger partial charge in [-0.2, -0.15) is 0 Å². The quantitative estimate of drug-likeness (QED) is 0.135. The van der Waals surface area contributed by atoms with Crippen LogP contribution in [0.25, 0.3) is 6.08 Å². The van der Waals surface area contributed by atoms with E-state index in [1.54, 1.807) is 6.08 Å². The van der Waals surface area contributed by atoms with Crippen LogP contribution in [0, 0.1) is 0 Å². The number of ether oxygens (including phenoxy) is 7. The predicted molar refractivity (Wildman–Crippen MR) is 291 cm³/mol. The number of hydrogen-bond acceptors (Lipinski definition) is 11. The third-order valence-electron chi connectivity index (χ3n) is 11.7. The minimum Gasteiger partial charge on any atom is -0.444 e. The lowest BCUT2D eigenvalue weighted by molar-refractivity contribution is 0.0381. The van der Waals surface area contributed by atoms with Crippen molar-refractivity contribution in [2.75, 3.05) is 26.4 Å². The van der Waals surface area contributed by atoms with Gasteiger partial charge in [-0.1, -0.05) is 109 Å². The Hall–Kier alpha value is -5.00. The highest BCUT2D eigenvalue weighted by Crippen LogP contribution is 2.32. The molecule has 5 N–H and O–H groups in total. The minimum absolute atomic E-state index is 0. The van der Waals surface area contributed by atoms with Crippen molar-refractivity contribution in [1.82, 2.24) is 16.0 Å². The minimum atomic E-state index is -0.509. The molecule has 73 heavy (non-hydrogen) atoms. The van der Waals surface area contributed by atoms with Gasteiger partial charge in [0, 0.05) is 4.47 Å². The number of halogens is 2. The number of aryl methyl sites for hydroxylation is 2. The lowest BCUT2D eigenvalue weighted by Crippen LogP contribution is -2.38. The molecule has 4 aliphatic rings. The molecule has 3 amide bonds. The Morgan fingerprint density at radius 2 is 0.904 bits per heavy atom. The molecule has 4 atom stereocenters. The number of hydrogen-bond donors (Lipinski definition) is 4. The van der Waals surface area contributed by atoms with Gasteiger partial charge in [-0.05, 0) is 142 Å². The van der Waals surface area contributed by atoms with E-state index in [1.165, 1.54) is 27.8 Å². The maximum Gasteiger partial charge on any atom is 0.408 e. The molecule has 0 fully saturated rings. The second-order valence-electron chi connectivity index (χ2n) is 20.9. The van der Waals surface area contributed by atoms with Crippen LogP contribution in [0.15, 0.2) is 83.8 Å². The molecule has 4 heterocycles. The van der Waals surface area contributed by atoms with Crippen LogP contribution >= 0.6 is 28.3 Å². The van der Waals surface area contributed by atoms with Gasteiger partial charge in [0.15, 0.2) is 0 Å². The Morgan fingerprint density at radius 1 is 0.562 bits per heavy atom. The zero-order valence-electron chi connectivity index (χ0n) is 44.5. The molecule has 400 valence electrons. The smallest absolute Gasteiger partial charge is 0.408 e. The number of benzene rings is 4. The summed E-state index contributed by atoms with van der Waals surface area (Å²) >= 11 is 3.50. The molecule has 0 radical (unpaired) electrons. The lowest BCUT2D eigenvalue weighted by atomic mass is 9.93. The fourth-order valence-corrected chi connectivity index (χ4v) is 9.05. The molecule has 14 nitrogen and oxygen atoms in total. The molecule has 4 unspecified atom stereocenters. The van der Waals surface area contributed by atoms with Crippen LogP contribution in [0.2, 0.25) is 0 Å². The topological polar surface area (TPSA) is 178 Å². The Balaban J connectivity index is 0.000000212. The summed E-state index contributed by atoms with van der Waals surface area (Å²) in [5, 5.41) is 8.61. The van der Waals surface area contributed by atoms with E-state index in [0.29, 0.717) is 46.2 Å². The first kappa shape index (κ1) is 60.6. The Kier molecular flexibility index (Phi) is 22.8. The molecule has 0 saturated carbocycles. The number of alkyl carbamates (subject to hydrolysis) is 3. The Labute approximate surface area is 447 Å². The van der Waals surface area contributed by atoms with E-state index >= 15 is 0 Å². The van der Waals surface area contributed by atoms with Crippen LogP contribution in [-0.2, 0) is 72.4 Å². The maximum absolute atomic E-state index is 11.9. The summed E-state index contributed by atoms with van der Waals surface area (Å²) in [6.07, 6.45) is 2.57. The molecule has 0 aliphatic carbocycles. The average Bonchev–Trinajstić information content (AvgIpc) is 3.30. The average molecular weight is 1090 g/mol. The maximum atomic E-state index is 11.9. The van der Waals surface area contributed by atoms with E-state index in [2.05, 4.69) is 82.6 Å². The van der Waals surface area contributed by atoms with Crippen LogP contribution in [0.4, 0.5) is 14.4 Å². The zero-order chi connectivity index (χ0) is 52.8. The molecule has 4 aromatic carbocycles. The molecule has 16 heteroatoms. The summed E-state index contributed by atoms with van der Waals surface area (Å²) in [5.74, 6) is 0. The number of nitrogens with one attached hydrogen (secondary N) is 3. The third-order valence-corrected chi connectivity index (χ3v) is 12.5. The van der Waals surface area contributed by atoms with Gasteiger partial charge in [-0.3, -0.25) is 0 Å². The Bertz CT molecular complexity index is 2480. The highest BCUT2D eigenvalue weighted by Gasteiger charge is 2.29. The van der Waals surface area contributed by atoms with Gasteiger partial charge in [0.1, 0.15) is 16.8 Å². The van der Waals surface area contributed by atoms with Gasteiger partial charge in [-0.25, -0.2) is 14.4 Å². The normalized spacial score (nSPS) is 18.6. The third kappa shape index (κ3) is 18.4. The van der Waals surface area contributed by atoms with Crippen molar-refractivity contribution < 1.29 is 47.5 Å². The molecule has 8 rings (SSSR count). The lowest BCUT2D eigenvalue weighted by Gasteiger charge is -2.29. The predicted octanol–water partition coefficient (Wildman–Crippen LogP) is 12.5. The fraction of sp³-hybridized carbons (Fsp3) is 0.491. The van der Waals surface area contributed by atoms with E-state index in [0.717, 1.165) is 57.3 Å². The fourth-order valence-electron chi connectivity index (χ4n) is 8.55. The first-order valence-corrected chi connectivity index (χ1v) is 25.6. The van der Waals surface area contributed by atoms with E-state index < -0.39 is 35.1 Å². The first-order chi connectivity index (χ1) is 34.0. The molecule has 0 saturated heterocycles. The van der Waals surface area contributed by atoms with Crippen molar-refractivity contribution in [2.45, 2.75) is 156 Å². The highest BCUT2D eigenvalue weighted by molar-refractivity contribution is 9.10. The SMILES string of the molecule is C=Cc1cccc2c1COCC2NC(=O)OC(C)(C)C.CC(C)(C)OC(=O)NC1COCc2c(Br)cccc21.CCc1cccc2c1COCC2N.CCc1cccc2c1COCC2NC(=O)OC(C)(C)C.Cl. The molecular weight excluding hydrogens is 1020 g/mol. The van der Waals surface area contributed by atoms with Crippen molar-refractivity contribution in [1.29, 1.82) is 0 Å². The van der Waals surface area contributed by atoms with E-state index in [4.69, 9.17) is 38.9 Å². The largest absolute Gasteiger partial charge is 0.444 e. The number of carbonyl (C=O) groups excluding carboxylic acids is 3. The number of carbonyl (C=O) groups is 3. The molecule has 0 spiro atoms. The number of nitrogens with two attached hydrogens (primary N) is 1. The Morgan fingerprint density at radius 3 is 1.33 bits per heavy atom. The summed E-state index contributed by atoms with van der Waals surface area (Å²) in [5.41, 5.74) is 17.3. The van der Waals surface area contributed by atoms with Crippen molar-refractivity contribution >= 4 is 52.7 Å². The van der Waals surface area contributed by atoms with Crippen molar-refractivity contribution in [2.24, 2.45) is 5.73 Å². The van der Waals surface area contributed by atoms with E-state index in [1.807, 2.05) is 105 Å². The van der Waals surface area contributed by atoms with Crippen LogP contribution in [-0.4, -0.2) is 61.5 Å². The standard InChI is InChI=1S/C16H23NO3.C16H21NO3.C14H18BrNO3.C11H15NO.ClH/c2*1-5-11-7-6-8-12-13(11)9-19-10-14(12)17-15(18)20-16(2,3)4;1-14(2,3)19-13(17)16-12-8-18-7-10-9(12)5-4-6-11(10)15;1-2-8-4-3-5-9-10(8)6-13-7-11(9)12;/h6-8,14H,5,9-10H2,1-4H3,(H,17,18);5-8,14H,1,9-10H2,2-4H3,(H,17,18);4-6,12H,7-8H2,1-3H3,(H,16,17);3-5,11H,2,6-7,12H2,1H3;1H. The van der Waals surface area contributed by atoms with Crippen LogP contribution < -0.4 is 21.7 Å². The van der Waals surface area contributed by atoms with Gasteiger partial charge in [0.05, 0.1) is 77.0 Å². The summed E-state index contributed by atoms with van der Waals surface area (Å²) in [4.78, 5) is 35.6. The van der Waals surface area contributed by atoms with Gasteiger partial charge in [0.25, 0.3) is 0 Å². The van der Waals surface area contributed by atoms with Crippen molar-refractivity contribution in [3.05, 3.63) is 145 Å². The van der Waals surface area contributed by atoms with Crippen LogP contribution in [0.5, 0.6) is 0 Å². The number of amides is 3. The van der Waals surface area contributed by atoms with E-state index in [9.17, 15) is 14.4 Å². The number of fused-ring (bicyclic) bond motifs is 4. The zero-order valence-corrected chi connectivity index (χ0v) is 46.9. The summed E-state index contributed by atoms with van der Waals surface area (Å²) in [6.45, 7) is 29.2. The van der Waals surface area contributed by atoms with Crippen molar-refractivity contribution in [3.63, 3.8) is 0 Å². The van der Waals surface area contributed by atoms with E-state index in [-0.39, 0.29) is 36.6 Å².